The number of carbonyl (C=O) groups excluding carboxylic acids is 1. The van der Waals surface area contributed by atoms with Gasteiger partial charge in [0.25, 0.3) is 0 Å². The number of rotatable bonds is 6. The maximum absolute atomic E-state index is 11.3. The Bertz CT molecular complexity index is 546. The van der Waals surface area contributed by atoms with E-state index in [4.69, 9.17) is 0 Å². The SMILES string of the molecule is CCNC(=NCc1ccnn1C)NCCN1CCN(C(C)=O)CC1. The molecule has 0 radical (unpaired) electrons. The van der Waals surface area contributed by atoms with E-state index >= 15 is 0 Å². The number of carbonyl (C=O) groups is 1. The summed E-state index contributed by atoms with van der Waals surface area (Å²) in [5.74, 6) is 0.991. The first kappa shape index (κ1) is 18.3. The fourth-order valence-corrected chi connectivity index (χ4v) is 2.68. The summed E-state index contributed by atoms with van der Waals surface area (Å²) in [5, 5.41) is 10.8. The van der Waals surface area contributed by atoms with E-state index in [1.807, 2.05) is 22.7 Å². The zero-order valence-corrected chi connectivity index (χ0v) is 15.0. The van der Waals surface area contributed by atoms with Crippen molar-refractivity contribution in [2.75, 3.05) is 45.8 Å². The zero-order valence-electron chi connectivity index (χ0n) is 15.0. The van der Waals surface area contributed by atoms with Gasteiger partial charge >= 0.3 is 0 Å². The van der Waals surface area contributed by atoms with Gasteiger partial charge in [-0.2, -0.15) is 5.10 Å². The van der Waals surface area contributed by atoms with Crippen LogP contribution in [0.3, 0.4) is 0 Å². The highest BCUT2D eigenvalue weighted by atomic mass is 16.2. The summed E-state index contributed by atoms with van der Waals surface area (Å²) in [5.41, 5.74) is 1.08. The van der Waals surface area contributed by atoms with Crippen LogP contribution in [-0.4, -0.2) is 77.3 Å². The van der Waals surface area contributed by atoms with Crippen LogP contribution in [0.15, 0.2) is 17.3 Å². The summed E-state index contributed by atoms with van der Waals surface area (Å²) in [6.07, 6.45) is 1.78. The number of aryl methyl sites for hydroxylation is 1. The number of aromatic nitrogens is 2. The molecule has 0 bridgehead atoms. The van der Waals surface area contributed by atoms with Crippen molar-refractivity contribution < 1.29 is 4.79 Å². The van der Waals surface area contributed by atoms with E-state index in [2.05, 4.69) is 32.5 Å². The minimum Gasteiger partial charge on any atom is -0.357 e. The molecule has 0 unspecified atom stereocenters. The Morgan fingerprint density at radius 3 is 2.62 bits per heavy atom. The van der Waals surface area contributed by atoms with E-state index in [0.717, 1.165) is 57.5 Å². The molecule has 2 rings (SSSR count). The van der Waals surface area contributed by atoms with Gasteiger partial charge in [0.15, 0.2) is 5.96 Å². The molecule has 0 saturated carbocycles. The van der Waals surface area contributed by atoms with Crippen LogP contribution < -0.4 is 10.6 Å². The molecule has 1 amide bonds. The Morgan fingerprint density at radius 1 is 1.29 bits per heavy atom. The number of hydrogen-bond donors (Lipinski definition) is 2. The van der Waals surface area contributed by atoms with E-state index in [0.29, 0.717) is 6.54 Å². The Kier molecular flexibility index (Phi) is 7.05. The normalized spacial score (nSPS) is 16.3. The van der Waals surface area contributed by atoms with Gasteiger partial charge in [0.2, 0.25) is 5.91 Å². The van der Waals surface area contributed by atoms with Gasteiger partial charge in [0.05, 0.1) is 12.2 Å². The predicted octanol–water partition coefficient (Wildman–Crippen LogP) is -0.361. The van der Waals surface area contributed by atoms with Gasteiger partial charge in [-0.25, -0.2) is 4.99 Å². The van der Waals surface area contributed by atoms with Gasteiger partial charge in [-0.15, -0.1) is 0 Å². The van der Waals surface area contributed by atoms with Crippen molar-refractivity contribution in [1.82, 2.24) is 30.2 Å². The smallest absolute Gasteiger partial charge is 0.219 e. The fraction of sp³-hybridized carbons (Fsp3) is 0.688. The van der Waals surface area contributed by atoms with Crippen molar-refractivity contribution >= 4 is 11.9 Å². The molecular formula is C16H29N7O. The monoisotopic (exact) mass is 335 g/mol. The summed E-state index contributed by atoms with van der Waals surface area (Å²) in [6, 6.07) is 1.97. The lowest BCUT2D eigenvalue weighted by Crippen LogP contribution is -2.50. The molecule has 0 aromatic carbocycles. The average Bonchev–Trinajstić information content (AvgIpc) is 2.98. The summed E-state index contributed by atoms with van der Waals surface area (Å²) in [6.45, 7) is 10.4. The van der Waals surface area contributed by atoms with Crippen LogP contribution in [0.5, 0.6) is 0 Å². The molecule has 1 fully saturated rings. The molecule has 2 N–H and O–H groups in total. The van der Waals surface area contributed by atoms with Gasteiger partial charge < -0.3 is 15.5 Å². The summed E-state index contributed by atoms with van der Waals surface area (Å²) in [7, 11) is 1.92. The minimum atomic E-state index is 0.171. The first-order valence-corrected chi connectivity index (χ1v) is 8.57. The molecule has 24 heavy (non-hydrogen) atoms. The van der Waals surface area contributed by atoms with E-state index in [9.17, 15) is 4.79 Å². The van der Waals surface area contributed by atoms with Gasteiger partial charge in [0.1, 0.15) is 0 Å². The third-order valence-electron chi connectivity index (χ3n) is 4.20. The maximum Gasteiger partial charge on any atom is 0.219 e. The molecule has 1 aliphatic heterocycles. The largest absolute Gasteiger partial charge is 0.357 e. The molecule has 1 saturated heterocycles. The molecule has 8 nitrogen and oxygen atoms in total. The van der Waals surface area contributed by atoms with Crippen molar-refractivity contribution in [3.8, 4) is 0 Å². The van der Waals surface area contributed by atoms with Crippen molar-refractivity contribution in [2.24, 2.45) is 12.0 Å². The summed E-state index contributed by atoms with van der Waals surface area (Å²) in [4.78, 5) is 20.2. The highest BCUT2D eigenvalue weighted by molar-refractivity contribution is 5.79. The lowest BCUT2D eigenvalue weighted by molar-refractivity contribution is -0.130. The first-order valence-electron chi connectivity index (χ1n) is 8.57. The molecule has 8 heteroatoms. The third-order valence-corrected chi connectivity index (χ3v) is 4.20. The number of aliphatic imine (C=N–C) groups is 1. The molecule has 1 aromatic heterocycles. The quantitative estimate of drug-likeness (QED) is 0.548. The van der Waals surface area contributed by atoms with Crippen LogP contribution in [-0.2, 0) is 18.4 Å². The van der Waals surface area contributed by atoms with Crippen LogP contribution in [0.1, 0.15) is 19.5 Å². The van der Waals surface area contributed by atoms with Crippen LogP contribution in [0.2, 0.25) is 0 Å². The highest BCUT2D eigenvalue weighted by Gasteiger charge is 2.17. The van der Waals surface area contributed by atoms with Gasteiger partial charge in [-0.1, -0.05) is 0 Å². The Labute approximate surface area is 143 Å². The van der Waals surface area contributed by atoms with Crippen molar-refractivity contribution in [3.63, 3.8) is 0 Å². The standard InChI is InChI=1S/C16H29N7O/c1-4-17-16(19-13-15-5-6-20-21(15)3)18-7-8-22-9-11-23(12-10-22)14(2)24/h5-6H,4,7-13H2,1-3H3,(H2,17,18,19). The Morgan fingerprint density at radius 2 is 2.04 bits per heavy atom. The second-order valence-corrected chi connectivity index (χ2v) is 5.92. The third kappa shape index (κ3) is 5.52. The molecule has 0 aliphatic carbocycles. The Hall–Kier alpha value is -2.09. The van der Waals surface area contributed by atoms with E-state index in [-0.39, 0.29) is 5.91 Å². The number of amides is 1. The number of nitrogens with one attached hydrogen (secondary N) is 2. The van der Waals surface area contributed by atoms with Crippen LogP contribution in [0.25, 0.3) is 0 Å². The minimum absolute atomic E-state index is 0.171. The molecule has 1 aliphatic rings. The molecule has 0 atom stereocenters. The summed E-state index contributed by atoms with van der Waals surface area (Å²) >= 11 is 0. The predicted molar refractivity (Wildman–Crippen MR) is 94.7 cm³/mol. The van der Waals surface area contributed by atoms with E-state index < -0.39 is 0 Å². The average molecular weight is 335 g/mol. The second-order valence-electron chi connectivity index (χ2n) is 5.92. The molecule has 2 heterocycles. The number of nitrogens with zero attached hydrogens (tertiary/aromatic N) is 5. The summed E-state index contributed by atoms with van der Waals surface area (Å²) < 4.78 is 1.83. The maximum atomic E-state index is 11.3. The lowest BCUT2D eigenvalue weighted by Gasteiger charge is -2.34. The fourth-order valence-electron chi connectivity index (χ4n) is 2.68. The molecule has 1 aromatic rings. The highest BCUT2D eigenvalue weighted by Crippen LogP contribution is 2.01. The van der Waals surface area contributed by atoms with Gasteiger partial charge in [0, 0.05) is 66.0 Å². The number of piperazine rings is 1. The van der Waals surface area contributed by atoms with Crippen molar-refractivity contribution in [1.29, 1.82) is 0 Å². The lowest BCUT2D eigenvalue weighted by atomic mass is 10.3. The second kappa shape index (κ2) is 9.27. The molecule has 134 valence electrons. The topological polar surface area (TPSA) is 77.8 Å². The van der Waals surface area contributed by atoms with Crippen LogP contribution >= 0.6 is 0 Å². The number of guanidine groups is 1. The molecule has 0 spiro atoms. The van der Waals surface area contributed by atoms with Crippen molar-refractivity contribution in [3.05, 3.63) is 18.0 Å². The van der Waals surface area contributed by atoms with Crippen LogP contribution in [0, 0.1) is 0 Å². The number of hydrogen-bond acceptors (Lipinski definition) is 4. The molecular weight excluding hydrogens is 306 g/mol. The Balaban J connectivity index is 1.73. The van der Waals surface area contributed by atoms with E-state index in [1.54, 1.807) is 13.1 Å². The van der Waals surface area contributed by atoms with Crippen LogP contribution in [0.4, 0.5) is 0 Å². The first-order chi connectivity index (χ1) is 11.6. The van der Waals surface area contributed by atoms with Crippen molar-refractivity contribution in [2.45, 2.75) is 20.4 Å². The van der Waals surface area contributed by atoms with Gasteiger partial charge in [-0.3, -0.25) is 14.4 Å². The zero-order chi connectivity index (χ0) is 17.4. The van der Waals surface area contributed by atoms with E-state index in [1.165, 1.54) is 0 Å². The van der Waals surface area contributed by atoms with Gasteiger partial charge in [-0.05, 0) is 13.0 Å².